The fraction of sp³-hybridized carbons (Fsp3) is 0.538. The largest absolute Gasteiger partial charge is 1.00 e. The molecular weight excluding hydrogens is 609 g/mol. The van der Waals surface area contributed by atoms with Gasteiger partial charge in [-0.3, -0.25) is 14.7 Å². The van der Waals surface area contributed by atoms with Crippen LogP contribution in [0.4, 0.5) is 0 Å². The molecule has 1 fully saturated rings. The van der Waals surface area contributed by atoms with Crippen LogP contribution in [-0.2, 0) is 19.7 Å². The van der Waals surface area contributed by atoms with E-state index in [4.69, 9.17) is 4.74 Å². The molecule has 3 rings (SSSR count). The molecule has 1 aromatic heterocycles. The fourth-order valence-corrected chi connectivity index (χ4v) is 5.99. The van der Waals surface area contributed by atoms with Crippen LogP contribution in [0.5, 0.6) is 5.75 Å². The van der Waals surface area contributed by atoms with E-state index in [1.807, 2.05) is 11.8 Å². The van der Waals surface area contributed by atoms with Crippen molar-refractivity contribution in [1.82, 2.24) is 19.2 Å². The molecule has 0 aliphatic carbocycles. The second-order valence-corrected chi connectivity index (χ2v) is 11.4. The Morgan fingerprint density at radius 3 is 2.29 bits per heavy atom. The van der Waals surface area contributed by atoms with Crippen molar-refractivity contribution >= 4 is 15.7 Å². The molecule has 0 spiro atoms. The minimum Gasteiger partial charge on any atom is -0.906 e. The summed E-state index contributed by atoms with van der Waals surface area (Å²) >= 11 is 0. The maximum Gasteiger partial charge on any atom is 1.00 e. The van der Waals surface area contributed by atoms with Gasteiger partial charge in [-0.2, -0.15) is 10.4 Å². The molecule has 0 unspecified atom stereocenters. The van der Waals surface area contributed by atoms with E-state index in [1.165, 1.54) is 22.5 Å². The van der Waals surface area contributed by atoms with Gasteiger partial charge in [-0.15, -0.1) is 32.3 Å². The number of benzene rings is 1. The molecule has 1 aliphatic heterocycles. The molecule has 1 aliphatic rings. The molecule has 1 N–H and O–H groups in total. The number of hydrogen-bond donors (Lipinski definition) is 1. The van der Waals surface area contributed by atoms with Crippen molar-refractivity contribution in [3.63, 3.8) is 0 Å². The van der Waals surface area contributed by atoms with Crippen LogP contribution in [0.25, 0.3) is 16.8 Å². The van der Waals surface area contributed by atoms with Crippen molar-refractivity contribution in [2.75, 3.05) is 46.0 Å². The normalized spacial score (nSPS) is 13.2. The van der Waals surface area contributed by atoms with Gasteiger partial charge in [0.25, 0.3) is 10.2 Å². The van der Waals surface area contributed by atoms with Gasteiger partial charge in [0.05, 0.1) is 30.3 Å². The minimum absolute atomic E-state index is 0. The summed E-state index contributed by atoms with van der Waals surface area (Å²) in [6.45, 7) is 4.44. The molecule has 2 heterocycles. The summed E-state index contributed by atoms with van der Waals surface area (Å²) in [5.41, 5.74) is -0.622. The number of rotatable bonds is 19. The van der Waals surface area contributed by atoms with E-state index in [0.29, 0.717) is 19.5 Å². The number of H-pyrrole nitrogens is 1. The molecule has 1 aromatic carbocycles. The van der Waals surface area contributed by atoms with Crippen LogP contribution in [0.15, 0.2) is 27.9 Å². The summed E-state index contributed by atoms with van der Waals surface area (Å²) < 4.78 is 34.0. The molecule has 244 valence electrons. The Balaban J connectivity index is 0.00000506. The van der Waals surface area contributed by atoms with E-state index in [-0.39, 0.29) is 118 Å². The topological polar surface area (TPSA) is 223 Å². The zero-order valence-electron chi connectivity index (χ0n) is 25.8. The van der Waals surface area contributed by atoms with Gasteiger partial charge in [0.2, 0.25) is 10.0 Å². The summed E-state index contributed by atoms with van der Waals surface area (Å²) in [5, 5.41) is 29.4. The number of hydrogen-bond acceptors (Lipinski definition) is 12. The van der Waals surface area contributed by atoms with Gasteiger partial charge >= 0.3 is 18.9 Å². The number of nitrogens with one attached hydrogen (secondary N) is 1. The van der Waals surface area contributed by atoms with E-state index >= 15 is 0 Å². The van der Waals surface area contributed by atoms with Crippen LogP contribution in [-0.4, -0.2) is 95.5 Å². The number of aromatic amines is 1. The van der Waals surface area contributed by atoms with E-state index in [9.17, 15) is 38.9 Å². The Hall–Kier alpha value is -3.56. The molecule has 17 nitrogen and oxygen atoms in total. The van der Waals surface area contributed by atoms with Gasteiger partial charge in [-0.25, -0.2) is 8.42 Å². The van der Waals surface area contributed by atoms with Crippen molar-refractivity contribution in [2.24, 2.45) is 0 Å². The molecule has 19 heteroatoms. The van der Waals surface area contributed by atoms with Gasteiger partial charge in [0, 0.05) is 32.2 Å². The molecule has 2 aromatic rings. The Morgan fingerprint density at radius 2 is 1.76 bits per heavy atom. The Morgan fingerprint density at radius 1 is 1.16 bits per heavy atom. The molecule has 0 radical (unpaired) electrons. The third kappa shape index (κ3) is 11.1. The van der Waals surface area contributed by atoms with Gasteiger partial charge in [-0.05, 0) is 38.0 Å². The van der Waals surface area contributed by atoms with E-state index in [2.05, 4.69) is 25.7 Å². The Labute approximate surface area is 273 Å². The van der Waals surface area contributed by atoms with Crippen molar-refractivity contribution in [3.05, 3.63) is 73.4 Å². The molecular formula is C26H36LiN7O10S-2. The summed E-state index contributed by atoms with van der Waals surface area (Å²) in [5.74, 6) is 0.279. The summed E-state index contributed by atoms with van der Waals surface area (Å²) in [6, 6.07) is 6.38. The minimum atomic E-state index is -4.01. The van der Waals surface area contributed by atoms with Crippen LogP contribution >= 0.6 is 0 Å². The first-order valence-corrected chi connectivity index (χ1v) is 15.0. The maximum absolute atomic E-state index is 13.6. The monoisotopic (exact) mass is 645 g/mol. The molecule has 45 heavy (non-hydrogen) atoms. The zero-order valence-corrected chi connectivity index (χ0v) is 26.6. The Bertz CT molecular complexity index is 1450. The molecule has 0 amide bonds. The van der Waals surface area contributed by atoms with Gasteiger partial charge in [0.15, 0.2) is 5.56 Å². The third-order valence-corrected chi connectivity index (χ3v) is 8.34. The van der Waals surface area contributed by atoms with Crippen molar-refractivity contribution in [3.8, 4) is 17.1 Å². The standard InChI is InChI=1S/C25H33N7O10S.CH3.Li/c1-3-7-21(26)22-15-24(33)28-25(27-22)20-14-19(8-9-23(20)40-4-2)43(38,39)30-16-18(17-30)29(10-5-12-41-31(34)35)11-6-13-42-32(36)37;;/h8-9,14,18H,3-7,10-13,16-17H2,1-2H3,(H,27,28,33);1H3;/q-2;-1;+1. The molecule has 1 saturated heterocycles. The quantitative estimate of drug-likeness (QED) is 0.0491. The van der Waals surface area contributed by atoms with Crippen molar-refractivity contribution in [1.29, 1.82) is 0 Å². The smallest absolute Gasteiger partial charge is 0.906 e. The van der Waals surface area contributed by atoms with Crippen molar-refractivity contribution in [2.45, 2.75) is 50.5 Å². The number of nitrogens with zero attached hydrogens (tertiary/aromatic N) is 6. The molecule has 0 bridgehead atoms. The van der Waals surface area contributed by atoms with E-state index < -0.39 is 25.8 Å². The second-order valence-electron chi connectivity index (χ2n) is 9.51. The number of sulfonamides is 1. The van der Waals surface area contributed by atoms with Crippen LogP contribution in [0.3, 0.4) is 0 Å². The van der Waals surface area contributed by atoms with Gasteiger partial charge in [0.1, 0.15) is 11.6 Å². The predicted molar refractivity (Wildman–Crippen MR) is 158 cm³/mol. The molecule has 0 saturated carbocycles. The first-order chi connectivity index (χ1) is 20.5. The van der Waals surface area contributed by atoms with Crippen LogP contribution in [0, 0.1) is 33.7 Å². The van der Waals surface area contributed by atoms with Crippen LogP contribution in [0.2, 0.25) is 0 Å². The first kappa shape index (κ1) is 39.5. The number of ether oxygens (including phenoxy) is 1. The summed E-state index contributed by atoms with van der Waals surface area (Å²) in [6.07, 6.45) is 1.46. The van der Waals surface area contributed by atoms with E-state index in [0.717, 1.165) is 0 Å². The maximum atomic E-state index is 13.6. The fourth-order valence-electron chi connectivity index (χ4n) is 4.45. The van der Waals surface area contributed by atoms with Gasteiger partial charge < -0.3 is 37.9 Å². The zero-order chi connectivity index (χ0) is 31.6. The van der Waals surface area contributed by atoms with Gasteiger partial charge in [-0.1, -0.05) is 13.3 Å². The SMILES string of the molecule is CCCC(=[N-])c1[c-]c(=O)[nH]c(-c2cc(S(=O)(=O)N3CC(N(CCCO[N+](=O)[O-])CCCO[N+](=O)[O-])C3)ccc2OCC)n1.[CH3-].[Li+]. The Kier molecular flexibility index (Phi) is 16.2. The average Bonchev–Trinajstić information content (AvgIpc) is 2.91. The predicted octanol–water partition coefficient (Wildman–Crippen LogP) is -0.880. The van der Waals surface area contributed by atoms with Crippen LogP contribution < -0.4 is 29.2 Å². The summed E-state index contributed by atoms with van der Waals surface area (Å²) in [4.78, 5) is 50.6. The second kappa shape index (κ2) is 18.4. The average molecular weight is 646 g/mol. The summed E-state index contributed by atoms with van der Waals surface area (Å²) in [7, 11) is -4.01. The van der Waals surface area contributed by atoms with E-state index in [1.54, 1.807) is 6.92 Å². The molecule has 0 atom stereocenters. The third-order valence-electron chi connectivity index (χ3n) is 6.51. The van der Waals surface area contributed by atoms with Crippen LogP contribution in [0.1, 0.15) is 45.2 Å². The van der Waals surface area contributed by atoms with Crippen molar-refractivity contribution < 1.29 is 51.9 Å². The number of aromatic nitrogens is 2. The first-order valence-electron chi connectivity index (χ1n) is 13.6.